The molecule has 0 unspecified atom stereocenters. The van der Waals surface area contributed by atoms with Crippen LogP contribution in [-0.4, -0.2) is 20.4 Å². The molecule has 134 valence electrons. The standard InChI is InChI=1S/C19H24N2O3S/c1-15(7-8-16-5-3-2-4-6-16)21-19(22)14-11-17-9-12-18(13-10-17)25(20,23)24/h2-6,9-10,12-13,15H,7-8,11,14H2,1H3,(H,21,22)(H2,20,23,24)/t15-/m1/s1. The third-order valence-corrected chi connectivity index (χ3v) is 4.94. The average molecular weight is 360 g/mol. The number of carbonyl (C=O) groups excluding carboxylic acids is 1. The molecule has 0 saturated carbocycles. The number of amides is 1. The van der Waals surface area contributed by atoms with E-state index in [4.69, 9.17) is 5.14 Å². The van der Waals surface area contributed by atoms with Crippen LogP contribution in [0.4, 0.5) is 0 Å². The third-order valence-electron chi connectivity index (χ3n) is 4.01. The summed E-state index contributed by atoms with van der Waals surface area (Å²) in [6.45, 7) is 2.00. The average Bonchev–Trinajstić information content (AvgIpc) is 2.59. The van der Waals surface area contributed by atoms with Crippen LogP contribution in [0.5, 0.6) is 0 Å². The first-order chi connectivity index (χ1) is 11.8. The maximum Gasteiger partial charge on any atom is 0.238 e. The molecule has 0 saturated heterocycles. The Morgan fingerprint density at radius 1 is 1.00 bits per heavy atom. The summed E-state index contributed by atoms with van der Waals surface area (Å²) in [7, 11) is -3.68. The molecular formula is C19H24N2O3S. The molecule has 5 nitrogen and oxygen atoms in total. The lowest BCUT2D eigenvalue weighted by Crippen LogP contribution is -2.33. The summed E-state index contributed by atoms with van der Waals surface area (Å²) < 4.78 is 22.4. The van der Waals surface area contributed by atoms with Gasteiger partial charge >= 0.3 is 0 Å². The number of hydrogen-bond acceptors (Lipinski definition) is 3. The molecule has 0 aliphatic heterocycles. The summed E-state index contributed by atoms with van der Waals surface area (Å²) in [5.41, 5.74) is 2.16. The minimum Gasteiger partial charge on any atom is -0.354 e. The maximum absolute atomic E-state index is 12.0. The van der Waals surface area contributed by atoms with Gasteiger partial charge in [0.25, 0.3) is 0 Å². The summed E-state index contributed by atoms with van der Waals surface area (Å²) in [5, 5.41) is 8.06. The van der Waals surface area contributed by atoms with Crippen molar-refractivity contribution in [1.82, 2.24) is 5.32 Å². The summed E-state index contributed by atoms with van der Waals surface area (Å²) in [5.74, 6) is -0.00363. The Morgan fingerprint density at radius 2 is 1.60 bits per heavy atom. The van der Waals surface area contributed by atoms with Crippen LogP contribution < -0.4 is 10.5 Å². The summed E-state index contributed by atoms with van der Waals surface area (Å²) >= 11 is 0. The molecule has 0 heterocycles. The first-order valence-corrected chi connectivity index (χ1v) is 9.84. The van der Waals surface area contributed by atoms with Gasteiger partial charge in [0.15, 0.2) is 0 Å². The highest BCUT2D eigenvalue weighted by atomic mass is 32.2. The zero-order valence-corrected chi connectivity index (χ0v) is 15.1. The summed E-state index contributed by atoms with van der Waals surface area (Å²) in [6.07, 6.45) is 2.74. The second kappa shape index (κ2) is 8.78. The number of rotatable bonds is 8. The highest BCUT2D eigenvalue weighted by Gasteiger charge is 2.09. The first-order valence-electron chi connectivity index (χ1n) is 8.29. The Kier molecular flexibility index (Phi) is 6.73. The Labute approximate surface area is 149 Å². The monoisotopic (exact) mass is 360 g/mol. The van der Waals surface area contributed by atoms with E-state index in [9.17, 15) is 13.2 Å². The van der Waals surface area contributed by atoms with Crippen molar-refractivity contribution in [1.29, 1.82) is 0 Å². The molecule has 0 aromatic heterocycles. The van der Waals surface area contributed by atoms with Crippen LogP contribution in [-0.2, 0) is 27.7 Å². The van der Waals surface area contributed by atoms with Gasteiger partial charge in [-0.15, -0.1) is 0 Å². The molecule has 0 spiro atoms. The normalized spacial score (nSPS) is 12.6. The van der Waals surface area contributed by atoms with E-state index >= 15 is 0 Å². The number of benzene rings is 2. The van der Waals surface area contributed by atoms with Crippen LogP contribution in [0.1, 0.15) is 30.9 Å². The number of nitrogens with two attached hydrogens (primary N) is 1. The largest absolute Gasteiger partial charge is 0.354 e. The predicted molar refractivity (Wildman–Crippen MR) is 98.5 cm³/mol. The van der Waals surface area contributed by atoms with E-state index in [0.29, 0.717) is 12.8 Å². The zero-order chi connectivity index (χ0) is 18.3. The second-order valence-electron chi connectivity index (χ2n) is 6.18. The zero-order valence-electron chi connectivity index (χ0n) is 14.3. The number of primary sulfonamides is 1. The van der Waals surface area contributed by atoms with Crippen molar-refractivity contribution in [2.24, 2.45) is 5.14 Å². The first kappa shape index (κ1) is 19.1. The SMILES string of the molecule is C[C@H](CCc1ccccc1)NC(=O)CCc1ccc(S(N)(=O)=O)cc1. The minimum absolute atomic E-state index is 0.00363. The smallest absolute Gasteiger partial charge is 0.238 e. The van der Waals surface area contributed by atoms with Gasteiger partial charge in [0.1, 0.15) is 0 Å². The fourth-order valence-corrected chi connectivity index (χ4v) is 3.07. The maximum atomic E-state index is 12.0. The van der Waals surface area contributed by atoms with Gasteiger partial charge in [0.05, 0.1) is 4.90 Å². The lowest BCUT2D eigenvalue weighted by atomic mass is 10.1. The Hall–Kier alpha value is -2.18. The van der Waals surface area contributed by atoms with Crippen LogP contribution >= 0.6 is 0 Å². The molecule has 6 heteroatoms. The predicted octanol–water partition coefficient (Wildman–Crippen LogP) is 2.40. The van der Waals surface area contributed by atoms with E-state index in [-0.39, 0.29) is 16.8 Å². The highest BCUT2D eigenvalue weighted by molar-refractivity contribution is 7.89. The molecule has 25 heavy (non-hydrogen) atoms. The molecule has 2 aromatic rings. The number of aryl methyl sites for hydroxylation is 2. The molecule has 0 aliphatic carbocycles. The number of sulfonamides is 1. The third kappa shape index (κ3) is 6.68. The van der Waals surface area contributed by atoms with Crippen LogP contribution in [0.2, 0.25) is 0 Å². The van der Waals surface area contributed by atoms with Gasteiger partial charge in [-0.1, -0.05) is 42.5 Å². The summed E-state index contributed by atoms with van der Waals surface area (Å²) in [6, 6.07) is 16.6. The molecular weight excluding hydrogens is 336 g/mol. The van der Waals surface area contributed by atoms with Gasteiger partial charge in [-0.3, -0.25) is 4.79 Å². The number of nitrogens with one attached hydrogen (secondary N) is 1. The van der Waals surface area contributed by atoms with Crippen molar-refractivity contribution < 1.29 is 13.2 Å². The van der Waals surface area contributed by atoms with Gasteiger partial charge in [-0.2, -0.15) is 0 Å². The summed E-state index contributed by atoms with van der Waals surface area (Å²) in [4.78, 5) is 12.1. The lowest BCUT2D eigenvalue weighted by Gasteiger charge is -2.14. The Balaban J connectivity index is 1.74. The number of hydrogen-bond donors (Lipinski definition) is 2. The van der Waals surface area contributed by atoms with Crippen molar-refractivity contribution in [3.05, 3.63) is 65.7 Å². The van der Waals surface area contributed by atoms with Gasteiger partial charge in [-0.05, 0) is 49.4 Å². The molecule has 1 amide bonds. The molecule has 3 N–H and O–H groups in total. The van der Waals surface area contributed by atoms with Gasteiger partial charge in [-0.25, -0.2) is 13.6 Å². The van der Waals surface area contributed by atoms with Crippen molar-refractivity contribution in [3.8, 4) is 0 Å². The van der Waals surface area contributed by atoms with Crippen molar-refractivity contribution >= 4 is 15.9 Å². The van der Waals surface area contributed by atoms with E-state index in [1.165, 1.54) is 17.7 Å². The fraction of sp³-hybridized carbons (Fsp3) is 0.316. The highest BCUT2D eigenvalue weighted by Crippen LogP contribution is 2.10. The molecule has 0 bridgehead atoms. The van der Waals surface area contributed by atoms with Gasteiger partial charge in [0, 0.05) is 12.5 Å². The molecule has 0 radical (unpaired) electrons. The van der Waals surface area contributed by atoms with E-state index in [2.05, 4.69) is 17.4 Å². The van der Waals surface area contributed by atoms with E-state index in [1.807, 2.05) is 25.1 Å². The van der Waals surface area contributed by atoms with E-state index < -0.39 is 10.0 Å². The molecule has 2 rings (SSSR count). The second-order valence-corrected chi connectivity index (χ2v) is 7.74. The van der Waals surface area contributed by atoms with Crippen LogP contribution in [0.25, 0.3) is 0 Å². The van der Waals surface area contributed by atoms with Gasteiger partial charge in [0.2, 0.25) is 15.9 Å². The van der Waals surface area contributed by atoms with E-state index in [0.717, 1.165) is 18.4 Å². The Morgan fingerprint density at radius 3 is 2.20 bits per heavy atom. The quantitative estimate of drug-likeness (QED) is 0.757. The van der Waals surface area contributed by atoms with Gasteiger partial charge < -0.3 is 5.32 Å². The van der Waals surface area contributed by atoms with Crippen LogP contribution in [0.15, 0.2) is 59.5 Å². The van der Waals surface area contributed by atoms with Crippen LogP contribution in [0.3, 0.4) is 0 Å². The molecule has 2 aromatic carbocycles. The Bertz CT molecular complexity index is 787. The van der Waals surface area contributed by atoms with Crippen molar-refractivity contribution in [3.63, 3.8) is 0 Å². The molecule has 0 aliphatic rings. The van der Waals surface area contributed by atoms with E-state index in [1.54, 1.807) is 12.1 Å². The fourth-order valence-electron chi connectivity index (χ4n) is 2.55. The topological polar surface area (TPSA) is 89.3 Å². The molecule has 1 atom stereocenters. The van der Waals surface area contributed by atoms with Crippen LogP contribution in [0, 0.1) is 0 Å². The molecule has 0 fully saturated rings. The lowest BCUT2D eigenvalue weighted by molar-refractivity contribution is -0.121. The minimum atomic E-state index is -3.68. The number of carbonyl (C=O) groups is 1. The van der Waals surface area contributed by atoms with Crippen molar-refractivity contribution in [2.45, 2.75) is 43.5 Å². The van der Waals surface area contributed by atoms with Crippen molar-refractivity contribution in [2.75, 3.05) is 0 Å².